The molecule has 1 unspecified atom stereocenters. The third-order valence-corrected chi connectivity index (χ3v) is 5.12. The standard InChI is InChI=1S/C11H5Cl2F3O2S/c12-7-4-5-2-1-3-6(9(17)18)8(5)19-10(7,13)11(14,15)16/h1-4H,(H,17,18). The van der Waals surface area contributed by atoms with Crippen LogP contribution in [0.3, 0.4) is 0 Å². The Morgan fingerprint density at radius 2 is 2.00 bits per heavy atom. The van der Waals surface area contributed by atoms with Gasteiger partial charge in [-0.3, -0.25) is 0 Å². The van der Waals surface area contributed by atoms with Gasteiger partial charge in [0.15, 0.2) is 0 Å². The molecule has 1 aliphatic rings. The smallest absolute Gasteiger partial charge is 0.422 e. The van der Waals surface area contributed by atoms with Gasteiger partial charge >= 0.3 is 12.1 Å². The highest BCUT2D eigenvalue weighted by Gasteiger charge is 2.58. The zero-order valence-corrected chi connectivity index (χ0v) is 11.3. The molecule has 0 bridgehead atoms. The number of carbonyl (C=O) groups is 1. The Balaban J connectivity index is 2.64. The van der Waals surface area contributed by atoms with Crippen LogP contribution >= 0.6 is 35.0 Å². The predicted octanol–water partition coefficient (Wildman–Crippen LogP) is 4.57. The second kappa shape index (κ2) is 4.61. The van der Waals surface area contributed by atoms with Gasteiger partial charge in [0.2, 0.25) is 4.21 Å². The molecular weight excluding hydrogens is 324 g/mol. The maximum absolute atomic E-state index is 13.0. The number of rotatable bonds is 1. The van der Waals surface area contributed by atoms with E-state index in [9.17, 15) is 18.0 Å². The Kier molecular flexibility index (Phi) is 3.53. The summed E-state index contributed by atoms with van der Waals surface area (Å²) in [5.74, 6) is -1.32. The molecule has 2 nitrogen and oxygen atoms in total. The van der Waals surface area contributed by atoms with E-state index in [1.807, 2.05) is 0 Å². The van der Waals surface area contributed by atoms with Crippen molar-refractivity contribution in [1.29, 1.82) is 0 Å². The average Bonchev–Trinajstić information content (AvgIpc) is 2.28. The van der Waals surface area contributed by atoms with Crippen LogP contribution in [0.15, 0.2) is 28.1 Å². The summed E-state index contributed by atoms with van der Waals surface area (Å²) in [4.78, 5) is 11.0. The number of fused-ring (bicyclic) bond motifs is 1. The molecule has 1 aromatic rings. The molecule has 0 aliphatic carbocycles. The summed E-state index contributed by atoms with van der Waals surface area (Å²) >= 11 is 11.3. The van der Waals surface area contributed by atoms with E-state index in [2.05, 4.69) is 0 Å². The molecule has 0 saturated heterocycles. The van der Waals surface area contributed by atoms with Crippen LogP contribution < -0.4 is 0 Å². The van der Waals surface area contributed by atoms with Crippen molar-refractivity contribution in [3.05, 3.63) is 34.4 Å². The fourth-order valence-corrected chi connectivity index (χ4v) is 3.25. The van der Waals surface area contributed by atoms with E-state index < -0.39 is 21.4 Å². The van der Waals surface area contributed by atoms with Crippen molar-refractivity contribution < 1.29 is 23.1 Å². The van der Waals surface area contributed by atoms with E-state index in [4.69, 9.17) is 28.3 Å². The Morgan fingerprint density at radius 1 is 1.37 bits per heavy atom. The maximum Gasteiger partial charge on any atom is 0.422 e. The summed E-state index contributed by atoms with van der Waals surface area (Å²) in [6.07, 6.45) is -3.77. The molecule has 0 amide bonds. The van der Waals surface area contributed by atoms with Crippen molar-refractivity contribution in [2.24, 2.45) is 0 Å². The molecule has 0 radical (unpaired) electrons. The highest BCUT2D eigenvalue weighted by atomic mass is 35.5. The summed E-state index contributed by atoms with van der Waals surface area (Å²) in [5.41, 5.74) is 0.0626. The normalized spacial score (nSPS) is 22.7. The van der Waals surface area contributed by atoms with Gasteiger partial charge in [0.1, 0.15) is 0 Å². The molecule has 1 atom stereocenters. The molecule has 2 rings (SSSR count). The minimum absolute atomic E-state index is 0.0493. The predicted molar refractivity (Wildman–Crippen MR) is 67.7 cm³/mol. The van der Waals surface area contributed by atoms with Crippen LogP contribution in [-0.4, -0.2) is 21.5 Å². The number of thioether (sulfide) groups is 1. The largest absolute Gasteiger partial charge is 0.478 e. The van der Waals surface area contributed by atoms with Gasteiger partial charge in [-0.2, -0.15) is 13.2 Å². The topological polar surface area (TPSA) is 37.3 Å². The monoisotopic (exact) mass is 328 g/mol. The van der Waals surface area contributed by atoms with Crippen molar-refractivity contribution >= 4 is 47.0 Å². The highest BCUT2D eigenvalue weighted by molar-refractivity contribution is 8.02. The van der Waals surface area contributed by atoms with Crippen LogP contribution in [0.2, 0.25) is 0 Å². The van der Waals surface area contributed by atoms with Crippen molar-refractivity contribution in [3.63, 3.8) is 0 Å². The Hall–Kier alpha value is -0.850. The van der Waals surface area contributed by atoms with E-state index in [1.54, 1.807) is 0 Å². The van der Waals surface area contributed by atoms with Gasteiger partial charge in [0.25, 0.3) is 0 Å². The fourth-order valence-electron chi connectivity index (χ4n) is 1.56. The Bertz CT molecular complexity index is 586. The van der Waals surface area contributed by atoms with Crippen molar-refractivity contribution in [2.45, 2.75) is 15.3 Å². The van der Waals surface area contributed by atoms with Crippen molar-refractivity contribution in [2.75, 3.05) is 0 Å². The van der Waals surface area contributed by atoms with Gasteiger partial charge in [0.05, 0.1) is 10.6 Å². The van der Waals surface area contributed by atoms with Gasteiger partial charge in [-0.05, 0) is 17.7 Å². The molecule has 1 aliphatic heterocycles. The van der Waals surface area contributed by atoms with Crippen LogP contribution in [-0.2, 0) is 0 Å². The fraction of sp³-hybridized carbons (Fsp3) is 0.182. The molecular formula is C11H5Cl2F3O2S. The number of benzene rings is 1. The molecule has 1 heterocycles. The van der Waals surface area contributed by atoms with Gasteiger partial charge in [-0.15, -0.1) is 0 Å². The van der Waals surface area contributed by atoms with Crippen LogP contribution in [0.25, 0.3) is 6.08 Å². The van der Waals surface area contributed by atoms with Crippen molar-refractivity contribution in [3.8, 4) is 0 Å². The molecule has 1 N–H and O–H groups in total. The van der Waals surface area contributed by atoms with E-state index >= 15 is 0 Å². The molecule has 102 valence electrons. The second-order valence-corrected chi connectivity index (χ2v) is 6.14. The molecule has 8 heteroatoms. The number of carboxylic acid groups (broad SMARTS) is 1. The van der Waals surface area contributed by atoms with Crippen LogP contribution in [0.1, 0.15) is 15.9 Å². The minimum Gasteiger partial charge on any atom is -0.478 e. The summed E-state index contributed by atoms with van der Waals surface area (Å²) in [7, 11) is 0. The number of hydrogen-bond donors (Lipinski definition) is 1. The first-order valence-corrected chi connectivity index (χ1v) is 6.42. The van der Waals surface area contributed by atoms with E-state index in [-0.39, 0.29) is 22.2 Å². The summed E-state index contributed by atoms with van der Waals surface area (Å²) in [6.45, 7) is 0. The average molecular weight is 329 g/mol. The van der Waals surface area contributed by atoms with E-state index in [0.717, 1.165) is 6.08 Å². The lowest BCUT2D eigenvalue weighted by molar-refractivity contribution is -0.130. The third kappa shape index (κ3) is 2.32. The van der Waals surface area contributed by atoms with Gasteiger partial charge in [-0.1, -0.05) is 47.1 Å². The molecule has 19 heavy (non-hydrogen) atoms. The minimum atomic E-state index is -4.81. The third-order valence-electron chi connectivity index (χ3n) is 2.47. The maximum atomic E-state index is 13.0. The number of aromatic carboxylic acids is 1. The molecule has 1 aromatic carbocycles. The Labute approximate surface area is 120 Å². The lowest BCUT2D eigenvalue weighted by Gasteiger charge is -2.32. The van der Waals surface area contributed by atoms with E-state index in [0.29, 0.717) is 5.56 Å². The summed E-state index contributed by atoms with van der Waals surface area (Å²) in [5, 5.41) is 8.39. The molecule has 0 spiro atoms. The van der Waals surface area contributed by atoms with Gasteiger partial charge < -0.3 is 5.11 Å². The lowest BCUT2D eigenvalue weighted by atomic mass is 10.1. The van der Waals surface area contributed by atoms with Gasteiger partial charge in [0, 0.05) is 4.90 Å². The highest BCUT2D eigenvalue weighted by Crippen LogP contribution is 2.58. The number of alkyl halides is 4. The van der Waals surface area contributed by atoms with Crippen LogP contribution in [0.4, 0.5) is 13.2 Å². The van der Waals surface area contributed by atoms with Crippen LogP contribution in [0, 0.1) is 0 Å². The molecule has 0 saturated carbocycles. The zero-order chi connectivity index (χ0) is 14.4. The quantitative estimate of drug-likeness (QED) is 0.767. The van der Waals surface area contributed by atoms with Gasteiger partial charge in [-0.25, -0.2) is 4.79 Å². The number of halogens is 5. The second-order valence-electron chi connectivity index (χ2n) is 3.72. The molecule has 0 fully saturated rings. The first kappa shape index (κ1) is 14.6. The molecule has 0 aromatic heterocycles. The lowest BCUT2D eigenvalue weighted by Crippen LogP contribution is -2.38. The SMILES string of the molecule is O=C(O)c1cccc2c1SC(Cl)(C(F)(F)F)C(Cl)=C2. The summed E-state index contributed by atoms with van der Waals surface area (Å²) < 4.78 is 36.1. The summed E-state index contributed by atoms with van der Waals surface area (Å²) in [6, 6.07) is 4.12. The van der Waals surface area contributed by atoms with E-state index in [1.165, 1.54) is 18.2 Å². The number of carboxylic acids is 1. The van der Waals surface area contributed by atoms with Crippen molar-refractivity contribution in [1.82, 2.24) is 0 Å². The van der Waals surface area contributed by atoms with Crippen LogP contribution in [0.5, 0.6) is 0 Å². The number of hydrogen-bond acceptors (Lipinski definition) is 2. The first-order valence-electron chi connectivity index (χ1n) is 4.85. The zero-order valence-electron chi connectivity index (χ0n) is 8.96. The Morgan fingerprint density at radius 3 is 2.53 bits per heavy atom. The first-order chi connectivity index (χ1) is 8.67.